The standard InChI is InChI=1S/C14H16FN3O2S/c1-9-6-11(7-10(2)13(9)15)8-18-21(19,20)12-4-3-5-17-14(12)16/h3-7,18H,8H2,1-2H3,(H2,16,17). The summed E-state index contributed by atoms with van der Waals surface area (Å²) in [4.78, 5) is 3.68. The van der Waals surface area contributed by atoms with Gasteiger partial charge in [-0.25, -0.2) is 22.5 Å². The molecular formula is C14H16FN3O2S. The number of aryl methyl sites for hydroxylation is 2. The zero-order valence-electron chi connectivity index (χ0n) is 11.7. The molecule has 0 radical (unpaired) electrons. The van der Waals surface area contributed by atoms with Gasteiger partial charge in [-0.1, -0.05) is 12.1 Å². The lowest BCUT2D eigenvalue weighted by atomic mass is 10.1. The SMILES string of the molecule is Cc1cc(CNS(=O)(=O)c2cccnc2N)cc(C)c1F. The summed E-state index contributed by atoms with van der Waals surface area (Å²) in [6.07, 6.45) is 1.42. The molecule has 1 aromatic carbocycles. The molecule has 0 fully saturated rings. The average molecular weight is 309 g/mol. The van der Waals surface area contributed by atoms with Crippen molar-refractivity contribution in [2.24, 2.45) is 0 Å². The van der Waals surface area contributed by atoms with Crippen molar-refractivity contribution in [2.45, 2.75) is 25.3 Å². The maximum atomic E-state index is 13.5. The van der Waals surface area contributed by atoms with Crippen molar-refractivity contribution < 1.29 is 12.8 Å². The molecule has 0 bridgehead atoms. The number of nitrogen functional groups attached to an aromatic ring is 1. The van der Waals surface area contributed by atoms with Gasteiger partial charge >= 0.3 is 0 Å². The molecule has 0 aliphatic rings. The van der Waals surface area contributed by atoms with E-state index in [9.17, 15) is 12.8 Å². The van der Waals surface area contributed by atoms with E-state index in [0.717, 1.165) is 0 Å². The van der Waals surface area contributed by atoms with Gasteiger partial charge in [-0.05, 0) is 42.7 Å². The second-order valence-electron chi connectivity index (χ2n) is 4.75. The third-order valence-corrected chi connectivity index (χ3v) is 4.50. The number of hydrogen-bond acceptors (Lipinski definition) is 4. The number of benzene rings is 1. The Morgan fingerprint density at radius 3 is 2.48 bits per heavy atom. The molecule has 0 spiro atoms. The van der Waals surface area contributed by atoms with Gasteiger partial charge in [0.15, 0.2) is 0 Å². The number of pyridine rings is 1. The van der Waals surface area contributed by atoms with E-state index in [0.29, 0.717) is 16.7 Å². The molecule has 7 heteroatoms. The average Bonchev–Trinajstić information content (AvgIpc) is 2.43. The van der Waals surface area contributed by atoms with E-state index in [1.54, 1.807) is 26.0 Å². The highest BCUT2D eigenvalue weighted by Crippen LogP contribution is 2.17. The van der Waals surface area contributed by atoms with Crippen LogP contribution in [0.25, 0.3) is 0 Å². The molecule has 3 N–H and O–H groups in total. The summed E-state index contributed by atoms with van der Waals surface area (Å²) in [7, 11) is -3.76. The van der Waals surface area contributed by atoms with Gasteiger partial charge < -0.3 is 5.73 Å². The van der Waals surface area contributed by atoms with Crippen LogP contribution >= 0.6 is 0 Å². The zero-order chi connectivity index (χ0) is 15.6. The van der Waals surface area contributed by atoms with Crippen molar-refractivity contribution in [3.05, 3.63) is 53.0 Å². The first-order chi connectivity index (χ1) is 9.81. The first kappa shape index (κ1) is 15.4. The number of rotatable bonds is 4. The van der Waals surface area contributed by atoms with E-state index < -0.39 is 10.0 Å². The van der Waals surface area contributed by atoms with Gasteiger partial charge in [0.25, 0.3) is 0 Å². The smallest absolute Gasteiger partial charge is 0.244 e. The van der Waals surface area contributed by atoms with E-state index in [4.69, 9.17) is 5.73 Å². The van der Waals surface area contributed by atoms with E-state index >= 15 is 0 Å². The molecule has 2 aromatic rings. The van der Waals surface area contributed by atoms with Gasteiger partial charge in [-0.2, -0.15) is 0 Å². The third-order valence-electron chi connectivity index (χ3n) is 3.05. The zero-order valence-corrected chi connectivity index (χ0v) is 12.5. The minimum atomic E-state index is -3.76. The van der Waals surface area contributed by atoms with Crippen LogP contribution in [0.1, 0.15) is 16.7 Å². The van der Waals surface area contributed by atoms with E-state index in [1.165, 1.54) is 18.3 Å². The fraction of sp³-hybridized carbons (Fsp3) is 0.214. The van der Waals surface area contributed by atoms with Crippen LogP contribution in [0.3, 0.4) is 0 Å². The van der Waals surface area contributed by atoms with Gasteiger partial charge in [0.1, 0.15) is 16.5 Å². The molecule has 0 amide bonds. The Bertz CT molecular complexity index is 753. The molecular weight excluding hydrogens is 293 g/mol. The molecule has 0 aliphatic heterocycles. The Morgan fingerprint density at radius 1 is 1.29 bits per heavy atom. The number of halogens is 1. The minimum absolute atomic E-state index is 0.0542. The van der Waals surface area contributed by atoms with Crippen LogP contribution in [-0.4, -0.2) is 13.4 Å². The van der Waals surface area contributed by atoms with Gasteiger partial charge in [-0.15, -0.1) is 0 Å². The number of nitrogens with one attached hydrogen (secondary N) is 1. The monoisotopic (exact) mass is 309 g/mol. The van der Waals surface area contributed by atoms with Crippen LogP contribution in [0, 0.1) is 19.7 Å². The predicted molar refractivity (Wildman–Crippen MR) is 78.5 cm³/mol. The summed E-state index contributed by atoms with van der Waals surface area (Å²) in [6.45, 7) is 3.33. The predicted octanol–water partition coefficient (Wildman–Crippen LogP) is 1.90. The van der Waals surface area contributed by atoms with Crippen molar-refractivity contribution >= 4 is 15.8 Å². The first-order valence-corrected chi connectivity index (χ1v) is 7.75. The maximum absolute atomic E-state index is 13.5. The summed E-state index contributed by atoms with van der Waals surface area (Å²) in [6, 6.07) is 6.10. The highest BCUT2D eigenvalue weighted by atomic mass is 32.2. The van der Waals surface area contributed by atoms with E-state index in [-0.39, 0.29) is 23.1 Å². The van der Waals surface area contributed by atoms with Crippen LogP contribution in [-0.2, 0) is 16.6 Å². The number of nitrogens with zero attached hydrogens (tertiary/aromatic N) is 1. The van der Waals surface area contributed by atoms with Gasteiger partial charge in [0.05, 0.1) is 0 Å². The molecule has 0 saturated heterocycles. The van der Waals surface area contributed by atoms with Gasteiger partial charge in [-0.3, -0.25) is 0 Å². The lowest BCUT2D eigenvalue weighted by Gasteiger charge is -2.10. The lowest BCUT2D eigenvalue weighted by molar-refractivity contribution is 0.581. The normalized spacial score (nSPS) is 11.6. The molecule has 5 nitrogen and oxygen atoms in total. The van der Waals surface area contributed by atoms with Crippen LogP contribution < -0.4 is 10.5 Å². The first-order valence-electron chi connectivity index (χ1n) is 6.27. The molecule has 0 aliphatic carbocycles. The van der Waals surface area contributed by atoms with Crippen molar-refractivity contribution in [2.75, 3.05) is 5.73 Å². The Kier molecular flexibility index (Phi) is 4.24. The highest BCUT2D eigenvalue weighted by Gasteiger charge is 2.17. The third kappa shape index (κ3) is 3.37. The van der Waals surface area contributed by atoms with Gasteiger partial charge in [0.2, 0.25) is 10.0 Å². The Morgan fingerprint density at radius 2 is 1.90 bits per heavy atom. The quantitative estimate of drug-likeness (QED) is 0.903. The summed E-state index contributed by atoms with van der Waals surface area (Å²) in [5.74, 6) is -0.338. The Labute approximate surface area is 123 Å². The second kappa shape index (κ2) is 5.79. The fourth-order valence-corrected chi connectivity index (χ4v) is 3.12. The topological polar surface area (TPSA) is 85.1 Å². The molecule has 112 valence electrons. The summed E-state index contributed by atoms with van der Waals surface area (Å²) >= 11 is 0. The van der Waals surface area contributed by atoms with Crippen LogP contribution in [0.5, 0.6) is 0 Å². The fourth-order valence-electron chi connectivity index (χ4n) is 2.02. The van der Waals surface area contributed by atoms with Crippen LogP contribution in [0.2, 0.25) is 0 Å². The van der Waals surface area contributed by atoms with E-state index in [2.05, 4.69) is 9.71 Å². The molecule has 21 heavy (non-hydrogen) atoms. The van der Waals surface area contributed by atoms with Crippen LogP contribution in [0.15, 0.2) is 35.4 Å². The molecule has 0 atom stereocenters. The van der Waals surface area contributed by atoms with Crippen molar-refractivity contribution in [3.8, 4) is 0 Å². The molecule has 0 unspecified atom stereocenters. The number of hydrogen-bond donors (Lipinski definition) is 2. The number of sulfonamides is 1. The number of aromatic nitrogens is 1. The Hall–Kier alpha value is -1.99. The van der Waals surface area contributed by atoms with Crippen molar-refractivity contribution in [1.82, 2.24) is 9.71 Å². The lowest BCUT2D eigenvalue weighted by Crippen LogP contribution is -2.24. The van der Waals surface area contributed by atoms with Crippen molar-refractivity contribution in [3.63, 3.8) is 0 Å². The second-order valence-corrected chi connectivity index (χ2v) is 6.49. The molecule has 1 heterocycles. The number of anilines is 1. The van der Waals surface area contributed by atoms with E-state index in [1.807, 2.05) is 0 Å². The Balaban J connectivity index is 2.22. The minimum Gasteiger partial charge on any atom is -0.383 e. The maximum Gasteiger partial charge on any atom is 0.244 e. The van der Waals surface area contributed by atoms with Crippen LogP contribution in [0.4, 0.5) is 10.2 Å². The summed E-state index contributed by atoms with van der Waals surface area (Å²) in [5.41, 5.74) is 7.20. The number of nitrogens with two attached hydrogens (primary N) is 1. The largest absolute Gasteiger partial charge is 0.383 e. The summed E-state index contributed by atoms with van der Waals surface area (Å²) < 4.78 is 40.3. The highest BCUT2D eigenvalue weighted by molar-refractivity contribution is 7.89. The van der Waals surface area contributed by atoms with Gasteiger partial charge in [0, 0.05) is 12.7 Å². The van der Waals surface area contributed by atoms with Crippen molar-refractivity contribution in [1.29, 1.82) is 0 Å². The molecule has 0 saturated carbocycles. The molecule has 2 rings (SSSR count). The molecule has 1 aromatic heterocycles. The summed E-state index contributed by atoms with van der Waals surface area (Å²) in [5, 5.41) is 0.